The van der Waals surface area contributed by atoms with Crippen molar-refractivity contribution in [2.75, 3.05) is 7.05 Å². The highest BCUT2D eigenvalue weighted by Gasteiger charge is 2.13. The third kappa shape index (κ3) is 6.50. The number of rotatable bonds is 5. The highest BCUT2D eigenvalue weighted by atomic mass is 16.3. The van der Waals surface area contributed by atoms with Crippen LogP contribution in [0.5, 0.6) is 0 Å². The van der Waals surface area contributed by atoms with Crippen LogP contribution in [0.2, 0.25) is 0 Å². The molecule has 4 atom stereocenters. The molecule has 2 rings (SSSR count). The highest BCUT2D eigenvalue weighted by Crippen LogP contribution is 2.15. The number of benzene rings is 2. The van der Waals surface area contributed by atoms with Crippen molar-refractivity contribution in [2.24, 2.45) is 5.73 Å². The molecular weight excluding hydrogens is 288 g/mol. The quantitative estimate of drug-likeness (QED) is 0.683. The normalized spacial score (nSPS) is 15.7. The Hall–Kier alpha value is -1.72. The van der Waals surface area contributed by atoms with Crippen LogP contribution < -0.4 is 11.1 Å². The van der Waals surface area contributed by atoms with Gasteiger partial charge in [0, 0.05) is 12.1 Å². The first-order valence-corrected chi connectivity index (χ1v) is 7.86. The minimum atomic E-state index is -0.545. The summed E-state index contributed by atoms with van der Waals surface area (Å²) in [5.41, 5.74) is 7.35. The molecule has 0 radical (unpaired) electrons. The summed E-state index contributed by atoms with van der Waals surface area (Å²) in [6.45, 7) is 3.75. The van der Waals surface area contributed by atoms with E-state index >= 15 is 0 Å². The molecule has 126 valence electrons. The fraction of sp³-hybridized carbons (Fsp3) is 0.368. The topological polar surface area (TPSA) is 78.5 Å². The Bertz CT molecular complexity index is 532. The number of nitrogens with one attached hydrogen (secondary N) is 1. The molecule has 0 heterocycles. The first-order chi connectivity index (χ1) is 11.0. The lowest BCUT2D eigenvalue weighted by atomic mass is 10.0. The van der Waals surface area contributed by atoms with Gasteiger partial charge in [0.25, 0.3) is 0 Å². The molecule has 4 heteroatoms. The van der Waals surface area contributed by atoms with E-state index < -0.39 is 12.2 Å². The second kappa shape index (κ2) is 10.1. The van der Waals surface area contributed by atoms with Crippen LogP contribution in [0, 0.1) is 0 Å². The van der Waals surface area contributed by atoms with Crippen molar-refractivity contribution in [3.05, 3.63) is 71.8 Å². The molecule has 0 amide bonds. The van der Waals surface area contributed by atoms with E-state index in [0.29, 0.717) is 0 Å². The molecule has 0 saturated carbocycles. The SMILES string of the molecule is CN[C@@H](C)[C@H](O)c1ccccc1.C[C@@H](N)[C@@H](O)c1ccccc1. The molecule has 0 aliphatic carbocycles. The summed E-state index contributed by atoms with van der Waals surface area (Å²) in [7, 11) is 1.84. The molecule has 0 fully saturated rings. The largest absolute Gasteiger partial charge is 0.387 e. The van der Waals surface area contributed by atoms with Crippen molar-refractivity contribution in [3.63, 3.8) is 0 Å². The highest BCUT2D eigenvalue weighted by molar-refractivity contribution is 5.19. The van der Waals surface area contributed by atoms with E-state index in [4.69, 9.17) is 5.73 Å². The Kier molecular flexibility index (Phi) is 8.51. The molecule has 0 bridgehead atoms. The van der Waals surface area contributed by atoms with E-state index in [1.54, 1.807) is 6.92 Å². The number of hydrogen-bond acceptors (Lipinski definition) is 4. The maximum Gasteiger partial charge on any atom is 0.0940 e. The predicted octanol–water partition coefficient (Wildman–Crippen LogP) is 2.40. The van der Waals surface area contributed by atoms with Crippen LogP contribution in [0.4, 0.5) is 0 Å². The van der Waals surface area contributed by atoms with Crippen LogP contribution in [0.1, 0.15) is 37.2 Å². The van der Waals surface area contributed by atoms with Gasteiger partial charge < -0.3 is 21.3 Å². The number of aliphatic hydroxyl groups excluding tert-OH is 2. The maximum atomic E-state index is 9.73. The molecule has 0 aliphatic rings. The number of hydrogen-bond donors (Lipinski definition) is 4. The first-order valence-electron chi connectivity index (χ1n) is 7.86. The molecule has 2 aromatic carbocycles. The van der Waals surface area contributed by atoms with Crippen LogP contribution >= 0.6 is 0 Å². The molecule has 2 aromatic rings. The molecule has 0 aliphatic heterocycles. The van der Waals surface area contributed by atoms with Gasteiger partial charge >= 0.3 is 0 Å². The molecule has 0 spiro atoms. The Morgan fingerprint density at radius 2 is 1.17 bits per heavy atom. The smallest absolute Gasteiger partial charge is 0.0940 e. The summed E-state index contributed by atoms with van der Waals surface area (Å²) in [5.74, 6) is 0. The molecule has 0 saturated heterocycles. The van der Waals surface area contributed by atoms with E-state index in [0.717, 1.165) is 11.1 Å². The average molecular weight is 316 g/mol. The van der Waals surface area contributed by atoms with Gasteiger partial charge in [0.1, 0.15) is 0 Å². The number of nitrogens with two attached hydrogens (primary N) is 1. The molecule has 0 unspecified atom stereocenters. The van der Waals surface area contributed by atoms with Crippen molar-refractivity contribution >= 4 is 0 Å². The molecule has 4 nitrogen and oxygen atoms in total. The van der Waals surface area contributed by atoms with E-state index in [9.17, 15) is 10.2 Å². The second-order valence-corrected chi connectivity index (χ2v) is 5.65. The Labute approximate surface area is 139 Å². The van der Waals surface area contributed by atoms with E-state index in [1.165, 1.54) is 0 Å². The second-order valence-electron chi connectivity index (χ2n) is 5.65. The van der Waals surface area contributed by atoms with Crippen LogP contribution in [-0.2, 0) is 0 Å². The first kappa shape index (κ1) is 19.3. The van der Waals surface area contributed by atoms with Gasteiger partial charge in [-0.3, -0.25) is 0 Å². The molecule has 5 N–H and O–H groups in total. The van der Waals surface area contributed by atoms with Crippen LogP contribution in [0.3, 0.4) is 0 Å². The van der Waals surface area contributed by atoms with Crippen molar-refractivity contribution in [1.29, 1.82) is 0 Å². The van der Waals surface area contributed by atoms with Gasteiger partial charge in [0.2, 0.25) is 0 Å². The number of likely N-dealkylation sites (N-methyl/N-ethyl adjacent to an activating group) is 1. The summed E-state index contributed by atoms with van der Waals surface area (Å²) >= 11 is 0. The summed E-state index contributed by atoms with van der Waals surface area (Å²) in [4.78, 5) is 0. The fourth-order valence-corrected chi connectivity index (χ4v) is 2.05. The lowest BCUT2D eigenvalue weighted by molar-refractivity contribution is 0.140. The Morgan fingerprint density at radius 3 is 1.52 bits per heavy atom. The predicted molar refractivity (Wildman–Crippen MR) is 95.0 cm³/mol. The van der Waals surface area contributed by atoms with Crippen LogP contribution in [0.25, 0.3) is 0 Å². The van der Waals surface area contributed by atoms with Crippen molar-refractivity contribution in [2.45, 2.75) is 38.1 Å². The van der Waals surface area contributed by atoms with E-state index in [2.05, 4.69) is 5.32 Å². The van der Waals surface area contributed by atoms with Crippen molar-refractivity contribution < 1.29 is 10.2 Å². The van der Waals surface area contributed by atoms with Gasteiger partial charge in [0.15, 0.2) is 0 Å². The van der Waals surface area contributed by atoms with Gasteiger partial charge in [-0.05, 0) is 32.0 Å². The van der Waals surface area contributed by atoms with Gasteiger partial charge in [-0.2, -0.15) is 0 Å². The zero-order chi connectivity index (χ0) is 17.2. The monoisotopic (exact) mass is 316 g/mol. The Balaban J connectivity index is 0.000000231. The maximum absolute atomic E-state index is 9.73. The molecule has 0 aromatic heterocycles. The summed E-state index contributed by atoms with van der Waals surface area (Å²) in [6.07, 6.45) is -0.965. The van der Waals surface area contributed by atoms with Gasteiger partial charge in [0.05, 0.1) is 12.2 Å². The molecular formula is C19H28N2O2. The zero-order valence-corrected chi connectivity index (χ0v) is 14.1. The molecule has 23 heavy (non-hydrogen) atoms. The third-order valence-electron chi connectivity index (χ3n) is 3.71. The van der Waals surface area contributed by atoms with Crippen LogP contribution in [0.15, 0.2) is 60.7 Å². The van der Waals surface area contributed by atoms with Crippen molar-refractivity contribution in [1.82, 2.24) is 5.32 Å². The van der Waals surface area contributed by atoms with E-state index in [1.807, 2.05) is 74.6 Å². The summed E-state index contributed by atoms with van der Waals surface area (Å²) < 4.78 is 0. The third-order valence-corrected chi connectivity index (χ3v) is 3.71. The van der Waals surface area contributed by atoms with E-state index in [-0.39, 0.29) is 12.1 Å². The summed E-state index contributed by atoms with van der Waals surface area (Å²) in [5, 5.41) is 22.2. The minimum Gasteiger partial charge on any atom is -0.387 e. The Morgan fingerprint density at radius 1 is 0.783 bits per heavy atom. The van der Waals surface area contributed by atoms with Crippen LogP contribution in [-0.4, -0.2) is 29.3 Å². The minimum absolute atomic E-state index is 0.0902. The average Bonchev–Trinajstić information content (AvgIpc) is 2.61. The van der Waals surface area contributed by atoms with Gasteiger partial charge in [-0.25, -0.2) is 0 Å². The fourth-order valence-electron chi connectivity index (χ4n) is 2.05. The standard InChI is InChI=1S/C10H15NO.C9H13NO/c1-8(11-2)10(12)9-6-4-3-5-7-9;1-7(10)9(11)8-5-3-2-4-6-8/h3-8,10-12H,1-2H3;2-7,9,11H,10H2,1H3/t8-,10-;7-,9-/m01/s1. The van der Waals surface area contributed by atoms with Crippen molar-refractivity contribution in [3.8, 4) is 0 Å². The van der Waals surface area contributed by atoms with Gasteiger partial charge in [-0.1, -0.05) is 60.7 Å². The summed E-state index contributed by atoms with van der Waals surface area (Å²) in [6, 6.07) is 19.0. The lowest BCUT2D eigenvalue weighted by Crippen LogP contribution is -2.28. The lowest BCUT2D eigenvalue weighted by Gasteiger charge is -2.17. The van der Waals surface area contributed by atoms with Gasteiger partial charge in [-0.15, -0.1) is 0 Å². The number of aliphatic hydroxyl groups is 2. The zero-order valence-electron chi connectivity index (χ0n) is 14.1.